The summed E-state index contributed by atoms with van der Waals surface area (Å²) in [5.41, 5.74) is 6.24. The van der Waals surface area contributed by atoms with Crippen molar-refractivity contribution in [2.24, 2.45) is 0 Å². The van der Waals surface area contributed by atoms with Crippen molar-refractivity contribution in [1.29, 1.82) is 0 Å². The minimum absolute atomic E-state index is 0.977. The van der Waals surface area contributed by atoms with Crippen LogP contribution < -0.4 is 5.32 Å². The summed E-state index contributed by atoms with van der Waals surface area (Å²) in [7, 11) is 0. The predicted octanol–water partition coefficient (Wildman–Crippen LogP) is 2.03. The van der Waals surface area contributed by atoms with E-state index < -0.39 is 0 Å². The molecule has 1 aliphatic heterocycles. The first-order chi connectivity index (χ1) is 7.84. The van der Waals surface area contributed by atoms with Crippen molar-refractivity contribution in [3.8, 4) is 11.3 Å². The van der Waals surface area contributed by atoms with Crippen LogP contribution in [0, 0.1) is 6.92 Å². The highest BCUT2D eigenvalue weighted by Crippen LogP contribution is 2.25. The van der Waals surface area contributed by atoms with E-state index in [1.807, 2.05) is 19.2 Å². The second-order valence-corrected chi connectivity index (χ2v) is 4.25. The van der Waals surface area contributed by atoms with Crippen molar-refractivity contribution >= 4 is 0 Å². The summed E-state index contributed by atoms with van der Waals surface area (Å²) < 4.78 is 0. The fourth-order valence-electron chi connectivity index (χ4n) is 2.27. The molecule has 3 nitrogen and oxygen atoms in total. The quantitative estimate of drug-likeness (QED) is 0.761. The number of fused-ring (bicyclic) bond motifs is 1. The molecule has 82 valence electrons. The number of hydrogen-bond acceptors (Lipinski definition) is 2. The maximum Gasteiger partial charge on any atom is 0.0477 e. The molecule has 0 radical (unpaired) electrons. The Bertz CT molecular complexity index is 490. The highest BCUT2D eigenvalue weighted by molar-refractivity contribution is 5.63. The number of aromatic amines is 1. The van der Waals surface area contributed by atoms with Crippen LogP contribution in [0.5, 0.6) is 0 Å². The maximum absolute atomic E-state index is 4.33. The van der Waals surface area contributed by atoms with Crippen molar-refractivity contribution in [2.75, 3.05) is 6.54 Å². The van der Waals surface area contributed by atoms with E-state index in [0.717, 1.165) is 25.2 Å². The number of H-pyrrole nitrogens is 1. The Kier molecular flexibility index (Phi) is 2.26. The average molecular weight is 213 g/mol. The Morgan fingerprint density at radius 2 is 2.31 bits per heavy atom. The predicted molar refractivity (Wildman–Crippen MR) is 64.2 cm³/mol. The average Bonchev–Trinajstić information content (AvgIpc) is 2.73. The van der Waals surface area contributed by atoms with Gasteiger partial charge in [0.05, 0.1) is 0 Å². The third-order valence-corrected chi connectivity index (χ3v) is 3.16. The highest BCUT2D eigenvalue weighted by atomic mass is 14.9. The molecule has 0 atom stereocenters. The molecule has 3 rings (SSSR count). The van der Waals surface area contributed by atoms with Gasteiger partial charge >= 0.3 is 0 Å². The van der Waals surface area contributed by atoms with Crippen LogP contribution in [0.4, 0.5) is 0 Å². The van der Waals surface area contributed by atoms with Crippen molar-refractivity contribution in [3.63, 3.8) is 0 Å². The first kappa shape index (κ1) is 9.60. The van der Waals surface area contributed by atoms with Gasteiger partial charge in [-0.25, -0.2) is 0 Å². The lowest BCUT2D eigenvalue weighted by atomic mass is 10.1. The number of pyridine rings is 1. The van der Waals surface area contributed by atoms with E-state index in [0.29, 0.717) is 0 Å². The molecule has 0 aromatic carbocycles. The second kappa shape index (κ2) is 3.76. The summed E-state index contributed by atoms with van der Waals surface area (Å²) in [5, 5.41) is 3.38. The van der Waals surface area contributed by atoms with Gasteiger partial charge in [0.1, 0.15) is 0 Å². The van der Waals surface area contributed by atoms with Gasteiger partial charge in [0, 0.05) is 48.4 Å². The summed E-state index contributed by atoms with van der Waals surface area (Å²) in [6, 6.07) is 6.35. The van der Waals surface area contributed by atoms with Crippen molar-refractivity contribution < 1.29 is 0 Å². The molecule has 2 aromatic rings. The standard InChI is InChI=1S/C13H15N3/c1-9-11(3-2-5-15-9)13-7-10-8-14-6-4-12(10)16-13/h2-3,5,7,14,16H,4,6,8H2,1H3. The van der Waals surface area contributed by atoms with Crippen molar-refractivity contribution in [3.05, 3.63) is 41.3 Å². The fourth-order valence-corrected chi connectivity index (χ4v) is 2.27. The van der Waals surface area contributed by atoms with Gasteiger partial charge in [-0.05, 0) is 30.7 Å². The third kappa shape index (κ3) is 1.53. The van der Waals surface area contributed by atoms with Crippen LogP contribution in [0.1, 0.15) is 17.0 Å². The van der Waals surface area contributed by atoms with E-state index in [1.165, 1.54) is 22.5 Å². The SMILES string of the molecule is Cc1ncccc1-c1cc2c([nH]1)CCNC2. The highest BCUT2D eigenvalue weighted by Gasteiger charge is 2.13. The van der Waals surface area contributed by atoms with E-state index in [-0.39, 0.29) is 0 Å². The molecule has 3 heteroatoms. The monoisotopic (exact) mass is 213 g/mol. The molecule has 0 unspecified atom stereocenters. The van der Waals surface area contributed by atoms with Gasteiger partial charge in [-0.1, -0.05) is 0 Å². The summed E-state index contributed by atoms with van der Waals surface area (Å²) in [4.78, 5) is 7.84. The molecule has 0 saturated heterocycles. The van der Waals surface area contributed by atoms with Gasteiger partial charge in [-0.2, -0.15) is 0 Å². The first-order valence-corrected chi connectivity index (χ1v) is 5.68. The van der Waals surface area contributed by atoms with Gasteiger partial charge in [0.25, 0.3) is 0 Å². The Hall–Kier alpha value is -1.61. The van der Waals surface area contributed by atoms with Crippen LogP contribution in [0.25, 0.3) is 11.3 Å². The lowest BCUT2D eigenvalue weighted by Crippen LogP contribution is -2.22. The zero-order valence-electron chi connectivity index (χ0n) is 9.38. The first-order valence-electron chi connectivity index (χ1n) is 5.68. The van der Waals surface area contributed by atoms with E-state index >= 15 is 0 Å². The number of aryl methyl sites for hydroxylation is 1. The van der Waals surface area contributed by atoms with Gasteiger partial charge in [0.15, 0.2) is 0 Å². The van der Waals surface area contributed by atoms with Crippen molar-refractivity contribution in [1.82, 2.24) is 15.3 Å². The smallest absolute Gasteiger partial charge is 0.0477 e. The fraction of sp³-hybridized carbons (Fsp3) is 0.308. The van der Waals surface area contributed by atoms with Gasteiger partial charge in [0.2, 0.25) is 0 Å². The van der Waals surface area contributed by atoms with Gasteiger partial charge in [-0.15, -0.1) is 0 Å². The molecular weight excluding hydrogens is 198 g/mol. The molecule has 2 N–H and O–H groups in total. The number of nitrogens with zero attached hydrogens (tertiary/aromatic N) is 1. The molecule has 3 heterocycles. The van der Waals surface area contributed by atoms with Crippen LogP contribution in [0.15, 0.2) is 24.4 Å². The van der Waals surface area contributed by atoms with E-state index in [9.17, 15) is 0 Å². The minimum atomic E-state index is 0.977. The summed E-state index contributed by atoms with van der Waals surface area (Å²) in [6.45, 7) is 4.09. The summed E-state index contributed by atoms with van der Waals surface area (Å²) in [5.74, 6) is 0. The molecule has 0 fully saturated rings. The van der Waals surface area contributed by atoms with E-state index in [4.69, 9.17) is 0 Å². The normalized spacial score (nSPS) is 14.8. The van der Waals surface area contributed by atoms with Crippen LogP contribution >= 0.6 is 0 Å². The molecular formula is C13H15N3. The van der Waals surface area contributed by atoms with Crippen LogP contribution in [-0.4, -0.2) is 16.5 Å². The minimum Gasteiger partial charge on any atom is -0.358 e. The molecule has 0 spiro atoms. The van der Waals surface area contributed by atoms with Crippen LogP contribution in [-0.2, 0) is 13.0 Å². The maximum atomic E-state index is 4.33. The largest absolute Gasteiger partial charge is 0.358 e. The van der Waals surface area contributed by atoms with Crippen LogP contribution in [0.3, 0.4) is 0 Å². The van der Waals surface area contributed by atoms with Crippen molar-refractivity contribution in [2.45, 2.75) is 19.9 Å². The number of nitrogens with one attached hydrogen (secondary N) is 2. The topological polar surface area (TPSA) is 40.7 Å². The second-order valence-electron chi connectivity index (χ2n) is 4.25. The molecule has 2 aromatic heterocycles. The summed E-state index contributed by atoms with van der Waals surface area (Å²) >= 11 is 0. The zero-order chi connectivity index (χ0) is 11.0. The number of rotatable bonds is 1. The lowest BCUT2D eigenvalue weighted by molar-refractivity contribution is 0.638. The van der Waals surface area contributed by atoms with Crippen LogP contribution in [0.2, 0.25) is 0 Å². The molecule has 0 saturated carbocycles. The summed E-state index contributed by atoms with van der Waals surface area (Å²) in [6.07, 6.45) is 2.93. The Morgan fingerprint density at radius 1 is 1.38 bits per heavy atom. The van der Waals surface area contributed by atoms with Gasteiger partial charge < -0.3 is 10.3 Å². The zero-order valence-corrected chi connectivity index (χ0v) is 9.38. The third-order valence-electron chi connectivity index (χ3n) is 3.16. The molecule has 0 aliphatic carbocycles. The van der Waals surface area contributed by atoms with E-state index in [1.54, 1.807) is 0 Å². The lowest BCUT2D eigenvalue weighted by Gasteiger charge is -2.11. The van der Waals surface area contributed by atoms with Gasteiger partial charge in [-0.3, -0.25) is 4.98 Å². The Balaban J connectivity index is 2.07. The Morgan fingerprint density at radius 3 is 3.12 bits per heavy atom. The molecule has 0 amide bonds. The Labute approximate surface area is 94.9 Å². The molecule has 0 bridgehead atoms. The molecule has 1 aliphatic rings. The number of hydrogen-bond donors (Lipinski definition) is 2. The van der Waals surface area contributed by atoms with E-state index in [2.05, 4.69) is 27.4 Å². The molecule has 16 heavy (non-hydrogen) atoms. The number of aromatic nitrogens is 2.